The summed E-state index contributed by atoms with van der Waals surface area (Å²) >= 11 is 0. The zero-order valence-corrected chi connectivity index (χ0v) is 15.2. The van der Waals surface area contributed by atoms with Gasteiger partial charge in [0.15, 0.2) is 0 Å². The van der Waals surface area contributed by atoms with Crippen molar-refractivity contribution < 1.29 is 19.1 Å². The number of amides is 2. The second-order valence-electron chi connectivity index (χ2n) is 7.64. The number of benzene rings is 1. The summed E-state index contributed by atoms with van der Waals surface area (Å²) in [4.78, 5) is 25.7. The number of rotatable bonds is 5. The second-order valence-corrected chi connectivity index (χ2v) is 7.64. The van der Waals surface area contributed by atoms with E-state index in [1.54, 1.807) is 12.1 Å². The Kier molecular flexibility index (Phi) is 5.91. The molecule has 1 heterocycles. The van der Waals surface area contributed by atoms with Gasteiger partial charge in [0.2, 0.25) is 11.8 Å². The molecule has 0 radical (unpaired) electrons. The van der Waals surface area contributed by atoms with Crippen molar-refractivity contribution in [2.45, 2.75) is 51.2 Å². The normalized spacial score (nSPS) is 27.9. The Bertz CT molecular complexity index is 649. The van der Waals surface area contributed by atoms with Crippen LogP contribution >= 0.6 is 0 Å². The van der Waals surface area contributed by atoms with E-state index in [2.05, 4.69) is 5.32 Å². The number of carbonyl (C=O) groups excluding carboxylic acids is 2. The summed E-state index contributed by atoms with van der Waals surface area (Å²) in [6.45, 7) is 2.87. The Labute approximate surface area is 153 Å². The molecular formula is C20H27FN2O3. The SMILES string of the molecule is CC(=O)N[C@@H]1C[C@@H]2CN(C(=O)CCCc3ccc(F)cc3)C[C@@H]2C[C@H]1O. The summed E-state index contributed by atoms with van der Waals surface area (Å²) in [5.41, 5.74) is 1.04. The number of aliphatic hydroxyl groups excluding tert-OH is 1. The molecule has 1 aliphatic heterocycles. The van der Waals surface area contributed by atoms with Crippen molar-refractivity contribution >= 4 is 11.8 Å². The van der Waals surface area contributed by atoms with E-state index < -0.39 is 6.10 Å². The minimum Gasteiger partial charge on any atom is -0.391 e. The van der Waals surface area contributed by atoms with Crippen LogP contribution in [0.1, 0.15) is 38.2 Å². The summed E-state index contributed by atoms with van der Waals surface area (Å²) in [5.74, 6) is 0.433. The number of likely N-dealkylation sites (tertiary alicyclic amines) is 1. The average molecular weight is 362 g/mol. The van der Waals surface area contributed by atoms with Crippen LogP contribution in [0, 0.1) is 17.7 Å². The van der Waals surface area contributed by atoms with E-state index in [-0.39, 0.29) is 23.7 Å². The predicted molar refractivity (Wildman–Crippen MR) is 95.7 cm³/mol. The lowest BCUT2D eigenvalue weighted by molar-refractivity contribution is -0.130. The van der Waals surface area contributed by atoms with Crippen molar-refractivity contribution in [3.63, 3.8) is 0 Å². The molecule has 2 amide bonds. The van der Waals surface area contributed by atoms with E-state index in [0.717, 1.165) is 24.8 Å². The zero-order valence-electron chi connectivity index (χ0n) is 15.2. The fraction of sp³-hybridized carbons (Fsp3) is 0.600. The smallest absolute Gasteiger partial charge is 0.222 e. The van der Waals surface area contributed by atoms with Gasteiger partial charge in [-0.15, -0.1) is 0 Å². The number of nitrogens with zero attached hydrogens (tertiary/aromatic N) is 1. The Morgan fingerprint density at radius 1 is 1.19 bits per heavy atom. The van der Waals surface area contributed by atoms with E-state index in [4.69, 9.17) is 0 Å². The second kappa shape index (κ2) is 8.16. The molecule has 0 aromatic heterocycles. The van der Waals surface area contributed by atoms with Crippen LogP contribution in [-0.4, -0.2) is 47.1 Å². The largest absolute Gasteiger partial charge is 0.391 e. The molecule has 2 fully saturated rings. The van der Waals surface area contributed by atoms with Gasteiger partial charge in [0.05, 0.1) is 12.1 Å². The highest BCUT2D eigenvalue weighted by Crippen LogP contribution is 2.36. The lowest BCUT2D eigenvalue weighted by Crippen LogP contribution is -2.48. The van der Waals surface area contributed by atoms with Crippen LogP contribution < -0.4 is 5.32 Å². The number of aryl methyl sites for hydroxylation is 1. The molecule has 142 valence electrons. The third-order valence-corrected chi connectivity index (χ3v) is 5.65. The lowest BCUT2D eigenvalue weighted by atomic mass is 9.77. The maximum absolute atomic E-state index is 12.9. The van der Waals surface area contributed by atoms with Crippen LogP contribution in [0.3, 0.4) is 0 Å². The third kappa shape index (κ3) is 4.61. The molecule has 0 unspecified atom stereocenters. The topological polar surface area (TPSA) is 69.6 Å². The summed E-state index contributed by atoms with van der Waals surface area (Å²) < 4.78 is 12.9. The Hall–Kier alpha value is -1.95. The van der Waals surface area contributed by atoms with Gasteiger partial charge < -0.3 is 15.3 Å². The fourth-order valence-electron chi connectivity index (χ4n) is 4.30. The van der Waals surface area contributed by atoms with Crippen LogP contribution in [0.25, 0.3) is 0 Å². The number of hydrogen-bond acceptors (Lipinski definition) is 3. The van der Waals surface area contributed by atoms with Crippen molar-refractivity contribution in [3.8, 4) is 0 Å². The van der Waals surface area contributed by atoms with Crippen LogP contribution in [0.15, 0.2) is 24.3 Å². The highest BCUT2D eigenvalue weighted by Gasteiger charge is 2.42. The molecule has 1 aromatic carbocycles. The first-order valence-electron chi connectivity index (χ1n) is 9.39. The van der Waals surface area contributed by atoms with Gasteiger partial charge in [0.1, 0.15) is 5.82 Å². The molecule has 2 aliphatic rings. The van der Waals surface area contributed by atoms with Crippen molar-refractivity contribution in [1.82, 2.24) is 10.2 Å². The van der Waals surface area contributed by atoms with E-state index in [1.807, 2.05) is 4.90 Å². The molecule has 4 atom stereocenters. The van der Waals surface area contributed by atoms with E-state index in [0.29, 0.717) is 37.8 Å². The lowest BCUT2D eigenvalue weighted by Gasteiger charge is -2.35. The van der Waals surface area contributed by atoms with Crippen LogP contribution in [0.5, 0.6) is 0 Å². The minimum atomic E-state index is -0.534. The van der Waals surface area contributed by atoms with E-state index >= 15 is 0 Å². The first kappa shape index (κ1) is 18.8. The maximum Gasteiger partial charge on any atom is 0.222 e. The predicted octanol–water partition coefficient (Wildman–Crippen LogP) is 1.88. The summed E-state index contributed by atoms with van der Waals surface area (Å²) in [6.07, 6.45) is 2.81. The van der Waals surface area contributed by atoms with Crippen LogP contribution in [0.2, 0.25) is 0 Å². The minimum absolute atomic E-state index is 0.126. The number of aliphatic hydroxyl groups is 1. The van der Waals surface area contributed by atoms with Gasteiger partial charge >= 0.3 is 0 Å². The molecule has 1 aliphatic carbocycles. The molecular weight excluding hydrogens is 335 g/mol. The number of hydrogen-bond donors (Lipinski definition) is 2. The molecule has 1 aromatic rings. The first-order chi connectivity index (χ1) is 12.4. The number of carbonyl (C=O) groups is 2. The van der Waals surface area contributed by atoms with Gasteiger partial charge in [-0.1, -0.05) is 12.1 Å². The maximum atomic E-state index is 12.9. The van der Waals surface area contributed by atoms with Gasteiger partial charge in [-0.3, -0.25) is 9.59 Å². The Morgan fingerprint density at radius 3 is 2.50 bits per heavy atom. The van der Waals surface area contributed by atoms with Crippen molar-refractivity contribution in [1.29, 1.82) is 0 Å². The first-order valence-corrected chi connectivity index (χ1v) is 9.39. The Morgan fingerprint density at radius 2 is 1.85 bits per heavy atom. The summed E-state index contributed by atoms with van der Waals surface area (Å²) in [5, 5.41) is 13.1. The molecule has 0 bridgehead atoms. The van der Waals surface area contributed by atoms with Gasteiger partial charge in [-0.2, -0.15) is 0 Å². The molecule has 26 heavy (non-hydrogen) atoms. The zero-order chi connectivity index (χ0) is 18.7. The van der Waals surface area contributed by atoms with E-state index in [1.165, 1.54) is 19.1 Å². The van der Waals surface area contributed by atoms with Gasteiger partial charge in [-0.05, 0) is 55.2 Å². The standard InChI is InChI=1S/C20H27FN2O3/c1-13(24)22-18-9-15-11-23(12-16(15)10-19(18)25)20(26)4-2-3-14-5-7-17(21)8-6-14/h5-8,15-16,18-19,25H,2-4,9-12H2,1H3,(H,22,24)/t15-,16+,18-,19-/m1/s1. The fourth-order valence-corrected chi connectivity index (χ4v) is 4.30. The Balaban J connectivity index is 1.46. The third-order valence-electron chi connectivity index (χ3n) is 5.65. The van der Waals surface area contributed by atoms with E-state index in [9.17, 15) is 19.1 Å². The molecule has 6 heteroatoms. The van der Waals surface area contributed by atoms with Gasteiger partial charge in [0, 0.05) is 26.4 Å². The highest BCUT2D eigenvalue weighted by molar-refractivity contribution is 5.76. The van der Waals surface area contributed by atoms with Crippen molar-refractivity contribution in [2.75, 3.05) is 13.1 Å². The number of nitrogens with one attached hydrogen (secondary N) is 1. The monoisotopic (exact) mass is 362 g/mol. The summed E-state index contributed by atoms with van der Waals surface area (Å²) in [7, 11) is 0. The quantitative estimate of drug-likeness (QED) is 0.840. The molecule has 1 saturated heterocycles. The van der Waals surface area contributed by atoms with Crippen LogP contribution in [-0.2, 0) is 16.0 Å². The number of fused-ring (bicyclic) bond motifs is 1. The van der Waals surface area contributed by atoms with Crippen molar-refractivity contribution in [3.05, 3.63) is 35.6 Å². The highest BCUT2D eigenvalue weighted by atomic mass is 19.1. The molecule has 3 rings (SSSR count). The van der Waals surface area contributed by atoms with Crippen molar-refractivity contribution in [2.24, 2.45) is 11.8 Å². The molecule has 5 nitrogen and oxygen atoms in total. The molecule has 0 spiro atoms. The molecule has 1 saturated carbocycles. The number of halogens is 1. The molecule has 2 N–H and O–H groups in total. The van der Waals surface area contributed by atoms with Gasteiger partial charge in [-0.25, -0.2) is 4.39 Å². The van der Waals surface area contributed by atoms with Crippen LogP contribution in [0.4, 0.5) is 4.39 Å². The van der Waals surface area contributed by atoms with Gasteiger partial charge in [0.25, 0.3) is 0 Å². The summed E-state index contributed by atoms with van der Waals surface area (Å²) in [6, 6.07) is 6.20. The average Bonchev–Trinajstić information content (AvgIpc) is 2.99.